The van der Waals surface area contributed by atoms with E-state index >= 15 is 0 Å². The molecule has 0 aliphatic heterocycles. The number of aryl methyl sites for hydroxylation is 1. The Morgan fingerprint density at radius 1 is 1.47 bits per heavy atom. The fourth-order valence-corrected chi connectivity index (χ4v) is 0.730. The molecule has 1 aromatic rings. The Morgan fingerprint density at radius 3 is 2.27 bits per heavy atom. The number of carbonyl (C=O) groups is 1. The van der Waals surface area contributed by atoms with E-state index in [1.165, 1.54) is 0 Å². The summed E-state index contributed by atoms with van der Waals surface area (Å²) in [5.41, 5.74) is 0.705. The first-order chi connectivity index (χ1) is 6.87. The molecule has 1 rings (SSSR count). The van der Waals surface area contributed by atoms with Crippen molar-refractivity contribution in [3.05, 3.63) is 29.0 Å². The van der Waals surface area contributed by atoms with Crippen LogP contribution in [-0.2, 0) is 9.53 Å². The normalized spacial score (nSPS) is 9.93. The summed E-state index contributed by atoms with van der Waals surface area (Å²) in [5, 5.41) is 0.590. The number of hydrogen-bond acceptors (Lipinski definition) is 3. The molecule has 0 aromatic carbocycles. The van der Waals surface area contributed by atoms with Crippen molar-refractivity contribution >= 4 is 18.1 Å². The third-order valence-corrected chi connectivity index (χ3v) is 1.74. The fraction of sp³-hybridized carbons (Fsp3) is 0.455. The molecule has 0 radical (unpaired) electrons. The van der Waals surface area contributed by atoms with Crippen molar-refractivity contribution < 1.29 is 9.53 Å². The lowest BCUT2D eigenvalue weighted by atomic mass is 10.2. The van der Waals surface area contributed by atoms with Crippen LogP contribution in [0.15, 0.2) is 18.3 Å². The number of rotatable bonds is 1. The monoisotopic (exact) mass is 229 g/mol. The van der Waals surface area contributed by atoms with Crippen LogP contribution in [0.5, 0.6) is 0 Å². The Bertz CT molecular complexity index is 287. The predicted molar refractivity (Wildman–Crippen MR) is 60.9 cm³/mol. The second-order valence-electron chi connectivity index (χ2n) is 3.94. The van der Waals surface area contributed by atoms with Crippen LogP contribution in [0.25, 0.3) is 0 Å². The van der Waals surface area contributed by atoms with E-state index in [1.807, 2.05) is 39.8 Å². The highest BCUT2D eigenvalue weighted by atomic mass is 35.5. The molecule has 4 heteroatoms. The zero-order valence-corrected chi connectivity index (χ0v) is 10.2. The zero-order valence-electron chi connectivity index (χ0n) is 9.45. The summed E-state index contributed by atoms with van der Waals surface area (Å²) in [6.07, 6.45) is 1.68. The van der Waals surface area contributed by atoms with E-state index in [4.69, 9.17) is 11.6 Å². The van der Waals surface area contributed by atoms with Crippen molar-refractivity contribution in [1.82, 2.24) is 4.98 Å². The number of halogens is 1. The molecule has 0 saturated heterocycles. The maximum atomic E-state index is 9.60. The van der Waals surface area contributed by atoms with Gasteiger partial charge in [0.25, 0.3) is 6.47 Å². The van der Waals surface area contributed by atoms with Gasteiger partial charge < -0.3 is 4.74 Å². The number of pyridine rings is 1. The molecule has 0 saturated carbocycles. The van der Waals surface area contributed by atoms with Crippen LogP contribution in [0.2, 0.25) is 5.15 Å². The molecule has 0 spiro atoms. The van der Waals surface area contributed by atoms with Crippen LogP contribution in [0.3, 0.4) is 0 Å². The highest BCUT2D eigenvalue weighted by Gasteiger charge is 2.07. The van der Waals surface area contributed by atoms with E-state index in [2.05, 4.69) is 9.72 Å². The summed E-state index contributed by atoms with van der Waals surface area (Å²) in [5.74, 6) is 0. The van der Waals surface area contributed by atoms with Crippen molar-refractivity contribution in [2.45, 2.75) is 33.3 Å². The van der Waals surface area contributed by atoms with Crippen LogP contribution in [0.4, 0.5) is 0 Å². The molecule has 0 bridgehead atoms. The number of ether oxygens (including phenoxy) is 1. The van der Waals surface area contributed by atoms with Crippen LogP contribution in [0, 0.1) is 6.92 Å². The largest absolute Gasteiger partial charge is 0.462 e. The minimum Gasteiger partial charge on any atom is -0.462 e. The molecule has 0 aliphatic carbocycles. The van der Waals surface area contributed by atoms with Gasteiger partial charge in [-0.2, -0.15) is 0 Å². The molecule has 0 fully saturated rings. The van der Waals surface area contributed by atoms with Gasteiger partial charge in [0, 0.05) is 6.20 Å². The van der Waals surface area contributed by atoms with Crippen LogP contribution in [-0.4, -0.2) is 17.1 Å². The Labute approximate surface area is 95.4 Å². The van der Waals surface area contributed by atoms with Gasteiger partial charge in [-0.15, -0.1) is 0 Å². The fourth-order valence-electron chi connectivity index (χ4n) is 0.611. The third-order valence-electron chi connectivity index (χ3n) is 1.35. The van der Waals surface area contributed by atoms with Gasteiger partial charge in [-0.25, -0.2) is 4.98 Å². The Morgan fingerprint density at radius 2 is 2.07 bits per heavy atom. The predicted octanol–water partition coefficient (Wildman–Crippen LogP) is 3.00. The van der Waals surface area contributed by atoms with Crippen molar-refractivity contribution in [3.63, 3.8) is 0 Å². The summed E-state index contributed by atoms with van der Waals surface area (Å²) < 4.78 is 4.55. The molecule has 0 N–H and O–H groups in total. The standard InChI is InChI=1S/C6H6ClN.C5H10O2/c1-5-3-2-4-8-6(5)7;1-5(2,3)7-4-6/h2-4H,1H3;4H,1-3H3. The van der Waals surface area contributed by atoms with Gasteiger partial charge in [0.15, 0.2) is 0 Å². The SMILES string of the molecule is CC(C)(C)OC=O.Cc1cccnc1Cl. The van der Waals surface area contributed by atoms with Gasteiger partial charge in [0.05, 0.1) is 0 Å². The lowest BCUT2D eigenvalue weighted by molar-refractivity contribution is -0.138. The van der Waals surface area contributed by atoms with E-state index in [0.29, 0.717) is 11.6 Å². The summed E-state index contributed by atoms with van der Waals surface area (Å²) in [7, 11) is 0. The Kier molecular flexibility index (Phi) is 5.94. The number of carbonyl (C=O) groups excluding carboxylic acids is 1. The van der Waals surface area contributed by atoms with E-state index in [1.54, 1.807) is 6.20 Å². The smallest absolute Gasteiger partial charge is 0.293 e. The second-order valence-corrected chi connectivity index (χ2v) is 4.30. The van der Waals surface area contributed by atoms with Gasteiger partial charge in [-0.1, -0.05) is 17.7 Å². The first-order valence-corrected chi connectivity index (χ1v) is 4.93. The highest BCUT2D eigenvalue weighted by molar-refractivity contribution is 6.30. The van der Waals surface area contributed by atoms with Crippen molar-refractivity contribution in [3.8, 4) is 0 Å². The molecule has 3 nitrogen and oxygen atoms in total. The number of hydrogen-bond donors (Lipinski definition) is 0. The summed E-state index contributed by atoms with van der Waals surface area (Å²) in [6, 6.07) is 3.79. The first-order valence-electron chi connectivity index (χ1n) is 4.55. The van der Waals surface area contributed by atoms with Crippen LogP contribution >= 0.6 is 11.6 Å². The van der Waals surface area contributed by atoms with Gasteiger partial charge in [0.2, 0.25) is 0 Å². The lowest BCUT2D eigenvalue weighted by Gasteiger charge is -2.14. The van der Waals surface area contributed by atoms with E-state index in [-0.39, 0.29) is 5.60 Å². The van der Waals surface area contributed by atoms with Gasteiger partial charge in [-0.05, 0) is 39.3 Å². The van der Waals surface area contributed by atoms with E-state index in [0.717, 1.165) is 5.56 Å². The summed E-state index contributed by atoms with van der Waals surface area (Å²) >= 11 is 5.60. The quantitative estimate of drug-likeness (QED) is 0.549. The van der Waals surface area contributed by atoms with Crippen LogP contribution < -0.4 is 0 Å². The van der Waals surface area contributed by atoms with E-state index < -0.39 is 0 Å². The molecule has 1 heterocycles. The second kappa shape index (κ2) is 6.40. The van der Waals surface area contributed by atoms with Gasteiger partial charge >= 0.3 is 0 Å². The molecule has 0 amide bonds. The average molecular weight is 230 g/mol. The third kappa shape index (κ3) is 7.94. The minimum atomic E-state index is -0.318. The zero-order chi connectivity index (χ0) is 11.9. The molecule has 0 aliphatic rings. The van der Waals surface area contributed by atoms with Crippen molar-refractivity contribution in [2.75, 3.05) is 0 Å². The molecule has 0 unspecified atom stereocenters. The molecule has 1 aromatic heterocycles. The lowest BCUT2D eigenvalue weighted by Crippen LogP contribution is -2.17. The minimum absolute atomic E-state index is 0.318. The molecule has 15 heavy (non-hydrogen) atoms. The maximum absolute atomic E-state index is 9.60. The molecular weight excluding hydrogens is 214 g/mol. The first kappa shape index (κ1) is 13.9. The summed E-state index contributed by atoms with van der Waals surface area (Å²) in [6.45, 7) is 7.85. The molecule has 84 valence electrons. The Hall–Kier alpha value is -1.09. The van der Waals surface area contributed by atoms with Crippen molar-refractivity contribution in [2.24, 2.45) is 0 Å². The highest BCUT2D eigenvalue weighted by Crippen LogP contribution is 2.07. The van der Waals surface area contributed by atoms with E-state index in [9.17, 15) is 4.79 Å². The summed E-state index contributed by atoms with van der Waals surface area (Å²) in [4.78, 5) is 13.4. The molecular formula is C11H16ClNO2. The van der Waals surface area contributed by atoms with Crippen LogP contribution in [0.1, 0.15) is 26.3 Å². The topological polar surface area (TPSA) is 39.2 Å². The van der Waals surface area contributed by atoms with Gasteiger partial charge in [-0.3, -0.25) is 4.79 Å². The Balaban J connectivity index is 0.000000265. The maximum Gasteiger partial charge on any atom is 0.293 e. The molecule has 0 atom stereocenters. The van der Waals surface area contributed by atoms with Crippen molar-refractivity contribution in [1.29, 1.82) is 0 Å². The van der Waals surface area contributed by atoms with Gasteiger partial charge in [0.1, 0.15) is 10.8 Å². The number of nitrogens with zero attached hydrogens (tertiary/aromatic N) is 1. The average Bonchev–Trinajstić information content (AvgIpc) is 2.09. The number of aromatic nitrogens is 1.